The van der Waals surface area contributed by atoms with Crippen LogP contribution in [0.25, 0.3) is 0 Å². The average Bonchev–Trinajstić information content (AvgIpc) is 2.54. The van der Waals surface area contributed by atoms with Gasteiger partial charge < -0.3 is 10.8 Å². The number of hydrogen-bond acceptors (Lipinski definition) is 2. The summed E-state index contributed by atoms with van der Waals surface area (Å²) in [5.41, 5.74) is 5.73. The van der Waals surface area contributed by atoms with E-state index in [0.29, 0.717) is 0 Å². The van der Waals surface area contributed by atoms with E-state index in [4.69, 9.17) is 5.73 Å². The summed E-state index contributed by atoms with van der Waals surface area (Å²) in [6.07, 6.45) is 1.90. The molecule has 3 atom stereocenters. The van der Waals surface area contributed by atoms with Gasteiger partial charge in [0.25, 0.3) is 0 Å². The van der Waals surface area contributed by atoms with Crippen molar-refractivity contribution < 1.29 is 9.90 Å². The summed E-state index contributed by atoms with van der Waals surface area (Å²) < 4.78 is 0. The Bertz CT molecular complexity index is 297. The molecule has 0 aromatic carbocycles. The van der Waals surface area contributed by atoms with E-state index in [1.54, 1.807) is 4.90 Å². The fourth-order valence-corrected chi connectivity index (χ4v) is 3.66. The second-order valence-electron chi connectivity index (χ2n) is 5.86. The Labute approximate surface area is 90.4 Å². The molecule has 2 bridgehead atoms. The van der Waals surface area contributed by atoms with Gasteiger partial charge in [-0.25, -0.2) is 4.79 Å². The van der Waals surface area contributed by atoms with Crippen molar-refractivity contribution in [1.29, 1.82) is 0 Å². The zero-order chi connectivity index (χ0) is 11.4. The Hall–Kier alpha value is -0.770. The number of nitrogens with zero attached hydrogens (tertiary/aromatic N) is 1. The molecular formula is C11H20N2O2. The highest BCUT2D eigenvalue weighted by atomic mass is 16.4. The van der Waals surface area contributed by atoms with Crippen LogP contribution in [0.15, 0.2) is 0 Å². The van der Waals surface area contributed by atoms with Crippen LogP contribution in [0.1, 0.15) is 40.0 Å². The number of nitrogens with two attached hydrogens (primary N) is 1. The molecule has 0 saturated carbocycles. The monoisotopic (exact) mass is 212 g/mol. The Kier molecular flexibility index (Phi) is 2.06. The molecule has 0 aromatic rings. The maximum Gasteiger partial charge on any atom is 0.408 e. The summed E-state index contributed by atoms with van der Waals surface area (Å²) >= 11 is 0. The van der Waals surface area contributed by atoms with Gasteiger partial charge in [0.1, 0.15) is 0 Å². The Morgan fingerprint density at radius 2 is 2.13 bits per heavy atom. The lowest BCUT2D eigenvalue weighted by atomic mass is 9.66. The normalized spacial score (nSPS) is 39.9. The maximum absolute atomic E-state index is 11.3. The second kappa shape index (κ2) is 2.88. The predicted octanol–water partition coefficient (Wildman–Crippen LogP) is 1.64. The molecule has 2 aliphatic heterocycles. The van der Waals surface area contributed by atoms with Crippen molar-refractivity contribution in [3.8, 4) is 0 Å². The lowest BCUT2D eigenvalue weighted by Crippen LogP contribution is -2.61. The number of fused-ring (bicyclic) bond motifs is 2. The SMILES string of the molecule is CC(C)(C)[C@@]12CC[C@H](C[C@H]1N)N2C(=O)O. The van der Waals surface area contributed by atoms with Crippen LogP contribution in [0.3, 0.4) is 0 Å². The summed E-state index contributed by atoms with van der Waals surface area (Å²) in [5, 5.41) is 9.31. The van der Waals surface area contributed by atoms with Crippen LogP contribution in [-0.2, 0) is 0 Å². The van der Waals surface area contributed by atoms with Gasteiger partial charge in [-0.1, -0.05) is 20.8 Å². The summed E-state index contributed by atoms with van der Waals surface area (Å²) in [4.78, 5) is 13.0. The van der Waals surface area contributed by atoms with Crippen molar-refractivity contribution in [2.45, 2.75) is 57.7 Å². The lowest BCUT2D eigenvalue weighted by Gasteiger charge is -2.47. The third kappa shape index (κ3) is 1.14. The fourth-order valence-electron chi connectivity index (χ4n) is 3.66. The van der Waals surface area contributed by atoms with Gasteiger partial charge in [-0.05, 0) is 24.7 Å². The van der Waals surface area contributed by atoms with E-state index in [0.717, 1.165) is 19.3 Å². The topological polar surface area (TPSA) is 66.6 Å². The molecule has 4 heteroatoms. The van der Waals surface area contributed by atoms with E-state index < -0.39 is 6.09 Å². The van der Waals surface area contributed by atoms with Crippen LogP contribution in [0, 0.1) is 5.41 Å². The first-order valence-corrected chi connectivity index (χ1v) is 5.58. The largest absolute Gasteiger partial charge is 0.465 e. The van der Waals surface area contributed by atoms with Crippen molar-refractivity contribution >= 4 is 6.09 Å². The number of amides is 1. The zero-order valence-electron chi connectivity index (χ0n) is 9.66. The number of hydrogen-bond donors (Lipinski definition) is 2. The highest BCUT2D eigenvalue weighted by molar-refractivity contribution is 5.68. The third-order valence-corrected chi connectivity index (χ3v) is 4.30. The van der Waals surface area contributed by atoms with E-state index in [2.05, 4.69) is 20.8 Å². The first kappa shape index (κ1) is 10.7. The summed E-state index contributed by atoms with van der Waals surface area (Å²) in [6, 6.07) is 0.143. The van der Waals surface area contributed by atoms with Gasteiger partial charge in [0, 0.05) is 12.1 Å². The molecule has 0 radical (unpaired) electrons. The number of rotatable bonds is 0. The molecule has 2 saturated heterocycles. The third-order valence-electron chi connectivity index (χ3n) is 4.30. The van der Waals surface area contributed by atoms with Gasteiger partial charge in [0.15, 0.2) is 0 Å². The molecule has 0 aromatic heterocycles. The molecule has 4 nitrogen and oxygen atoms in total. The molecule has 2 fully saturated rings. The summed E-state index contributed by atoms with van der Waals surface area (Å²) in [5.74, 6) is 0. The second-order valence-corrected chi connectivity index (χ2v) is 5.86. The molecule has 2 rings (SSSR count). The highest BCUT2D eigenvalue weighted by Crippen LogP contribution is 2.54. The van der Waals surface area contributed by atoms with Gasteiger partial charge in [-0.3, -0.25) is 4.90 Å². The molecular weight excluding hydrogens is 192 g/mol. The zero-order valence-corrected chi connectivity index (χ0v) is 9.66. The molecule has 0 spiro atoms. The standard InChI is InChI=1S/C11H20N2O2/c1-10(2,3)11-5-4-7(6-8(11)12)13(11)9(14)15/h7-8H,4-6,12H2,1-3H3,(H,14,15)/t7-,8-,11-/m1/s1. The van der Waals surface area contributed by atoms with E-state index in [9.17, 15) is 9.90 Å². The Morgan fingerprint density at radius 1 is 1.53 bits per heavy atom. The lowest BCUT2D eigenvalue weighted by molar-refractivity contribution is 0.0344. The molecule has 3 N–H and O–H groups in total. The van der Waals surface area contributed by atoms with Crippen LogP contribution in [0.5, 0.6) is 0 Å². The molecule has 1 amide bonds. The van der Waals surface area contributed by atoms with Gasteiger partial charge in [0.2, 0.25) is 0 Å². The average molecular weight is 212 g/mol. The molecule has 15 heavy (non-hydrogen) atoms. The van der Waals surface area contributed by atoms with Crippen molar-refractivity contribution in [3.63, 3.8) is 0 Å². The smallest absolute Gasteiger partial charge is 0.408 e. The quantitative estimate of drug-likeness (QED) is 0.641. The number of carboxylic acid groups (broad SMARTS) is 1. The molecule has 2 heterocycles. The fraction of sp³-hybridized carbons (Fsp3) is 0.909. The first-order chi connectivity index (χ1) is 6.80. The van der Waals surface area contributed by atoms with Crippen molar-refractivity contribution in [1.82, 2.24) is 4.90 Å². The van der Waals surface area contributed by atoms with E-state index >= 15 is 0 Å². The van der Waals surface area contributed by atoms with Crippen LogP contribution >= 0.6 is 0 Å². The van der Waals surface area contributed by atoms with Crippen molar-refractivity contribution in [3.05, 3.63) is 0 Å². The number of carbonyl (C=O) groups is 1. The van der Waals surface area contributed by atoms with E-state index in [1.165, 1.54) is 0 Å². The molecule has 2 aliphatic rings. The molecule has 86 valence electrons. The highest BCUT2D eigenvalue weighted by Gasteiger charge is 2.63. The minimum atomic E-state index is -0.805. The first-order valence-electron chi connectivity index (χ1n) is 5.58. The van der Waals surface area contributed by atoms with Crippen molar-refractivity contribution in [2.24, 2.45) is 11.1 Å². The summed E-state index contributed by atoms with van der Waals surface area (Å²) in [6.45, 7) is 6.28. The molecule has 0 unspecified atom stereocenters. The Balaban J connectivity index is 2.46. The van der Waals surface area contributed by atoms with Crippen LogP contribution in [-0.4, -0.2) is 33.7 Å². The van der Waals surface area contributed by atoms with Gasteiger partial charge in [-0.15, -0.1) is 0 Å². The summed E-state index contributed by atoms with van der Waals surface area (Å²) in [7, 11) is 0. The minimum Gasteiger partial charge on any atom is -0.465 e. The van der Waals surface area contributed by atoms with Crippen molar-refractivity contribution in [2.75, 3.05) is 0 Å². The predicted molar refractivity (Wildman–Crippen MR) is 57.7 cm³/mol. The van der Waals surface area contributed by atoms with Gasteiger partial charge in [0.05, 0.1) is 5.54 Å². The van der Waals surface area contributed by atoms with Crippen LogP contribution < -0.4 is 5.73 Å². The van der Waals surface area contributed by atoms with Crippen LogP contribution in [0.4, 0.5) is 4.79 Å². The Morgan fingerprint density at radius 3 is 2.47 bits per heavy atom. The van der Waals surface area contributed by atoms with E-state index in [-0.39, 0.29) is 23.0 Å². The van der Waals surface area contributed by atoms with Crippen LogP contribution in [0.2, 0.25) is 0 Å². The minimum absolute atomic E-state index is 0.00708. The molecule has 0 aliphatic carbocycles. The maximum atomic E-state index is 11.3. The van der Waals surface area contributed by atoms with Gasteiger partial charge >= 0.3 is 6.09 Å². The van der Waals surface area contributed by atoms with E-state index in [1.807, 2.05) is 0 Å². The van der Waals surface area contributed by atoms with Gasteiger partial charge in [-0.2, -0.15) is 0 Å².